The molecule has 0 aliphatic carbocycles. The third-order valence-corrected chi connectivity index (χ3v) is 7.96. The van der Waals surface area contributed by atoms with Gasteiger partial charge in [0.15, 0.2) is 0 Å². The van der Waals surface area contributed by atoms with E-state index in [4.69, 9.17) is 9.47 Å². The molecule has 0 aromatic heterocycles. The van der Waals surface area contributed by atoms with Gasteiger partial charge in [0.2, 0.25) is 10.0 Å². The molecule has 34 heavy (non-hydrogen) atoms. The minimum atomic E-state index is -4.82. The quantitative estimate of drug-likeness (QED) is 0.667. The normalized spacial score (nSPS) is 21.0. The summed E-state index contributed by atoms with van der Waals surface area (Å²) in [6.45, 7) is 5.44. The largest absolute Gasteiger partial charge is 0.471 e. The molecule has 0 saturated carbocycles. The molecule has 0 atom stereocenters. The fourth-order valence-corrected chi connectivity index (χ4v) is 5.51. The molecule has 3 fully saturated rings. The van der Waals surface area contributed by atoms with Gasteiger partial charge in [0.1, 0.15) is 0 Å². The Labute approximate surface area is 198 Å². The lowest BCUT2D eigenvalue weighted by atomic mass is 9.90. The van der Waals surface area contributed by atoms with Crippen molar-refractivity contribution < 1.29 is 35.9 Å². The minimum Gasteiger partial charge on any atom is -0.379 e. The predicted molar refractivity (Wildman–Crippen MR) is 119 cm³/mol. The smallest absolute Gasteiger partial charge is 0.379 e. The molecular weight excluding hydrogens is 475 g/mol. The van der Waals surface area contributed by atoms with Crippen molar-refractivity contribution >= 4 is 15.9 Å². The number of carbonyl (C=O) groups is 1. The van der Waals surface area contributed by atoms with Crippen molar-refractivity contribution in [3.05, 3.63) is 29.8 Å². The second-order valence-electron chi connectivity index (χ2n) is 8.46. The molecule has 1 N–H and O–H groups in total. The number of rotatable bonds is 4. The Hall–Kier alpha value is -1.73. The van der Waals surface area contributed by atoms with Crippen LogP contribution in [0.2, 0.25) is 0 Å². The van der Waals surface area contributed by atoms with Crippen LogP contribution in [-0.2, 0) is 30.7 Å². The number of hydrogen-bond acceptors (Lipinski definition) is 6. The average molecular weight is 508 g/mol. The number of piperidine rings is 1. The highest BCUT2D eigenvalue weighted by atomic mass is 32.2. The molecule has 192 valence electrons. The summed E-state index contributed by atoms with van der Waals surface area (Å²) < 4.78 is 74.3. The van der Waals surface area contributed by atoms with Gasteiger partial charge in [-0.3, -0.25) is 4.79 Å². The van der Waals surface area contributed by atoms with Gasteiger partial charge in [0.25, 0.3) is 0 Å². The Bertz CT molecular complexity index is 867. The van der Waals surface area contributed by atoms with Crippen LogP contribution in [0, 0.1) is 5.92 Å². The lowest BCUT2D eigenvalue weighted by Crippen LogP contribution is -2.45. The first-order chi connectivity index (χ1) is 16.2. The number of likely N-dealkylation sites (tertiary alicyclic amines) is 1. The molecule has 1 amide bonds. The van der Waals surface area contributed by atoms with Gasteiger partial charge in [0, 0.05) is 39.3 Å². The van der Waals surface area contributed by atoms with E-state index in [-0.39, 0.29) is 23.9 Å². The van der Waals surface area contributed by atoms with Crippen LogP contribution in [0.3, 0.4) is 0 Å². The number of nitrogens with one attached hydrogen (secondary N) is 1. The Kier molecular flexibility index (Phi) is 9.72. The second kappa shape index (κ2) is 12.3. The first-order valence-corrected chi connectivity index (χ1v) is 12.9. The van der Waals surface area contributed by atoms with Gasteiger partial charge in [-0.25, -0.2) is 8.42 Å². The molecule has 12 heteroatoms. The van der Waals surface area contributed by atoms with E-state index in [0.29, 0.717) is 45.6 Å². The van der Waals surface area contributed by atoms with E-state index in [0.717, 1.165) is 36.8 Å². The van der Waals surface area contributed by atoms with Crippen LogP contribution >= 0.6 is 0 Å². The van der Waals surface area contributed by atoms with Gasteiger partial charge >= 0.3 is 12.1 Å². The zero-order valence-electron chi connectivity index (χ0n) is 19.1. The number of morpholine rings is 2. The highest BCUT2D eigenvalue weighted by molar-refractivity contribution is 7.89. The van der Waals surface area contributed by atoms with E-state index in [1.165, 1.54) is 4.31 Å². The number of amides is 1. The number of alkyl halides is 3. The molecular formula is C22H32F3N3O5S. The zero-order valence-corrected chi connectivity index (χ0v) is 19.9. The standard InChI is InChI=1S/C18H23F3N2O4S.C4H9NO/c19-18(20,21)17(24)22-7-5-15(6-8-22)13-14-1-3-16(4-2-14)28(25,26)23-9-11-27-12-10-23;1-3-6-4-2-5-1/h1-4,15H,5-13H2;5H,1-4H2. The van der Waals surface area contributed by atoms with Crippen LogP contribution in [0.15, 0.2) is 29.2 Å². The van der Waals surface area contributed by atoms with Gasteiger partial charge in [0.05, 0.1) is 31.3 Å². The first-order valence-electron chi connectivity index (χ1n) is 11.5. The zero-order chi connectivity index (χ0) is 24.6. The molecule has 1 aromatic rings. The molecule has 3 heterocycles. The molecule has 0 radical (unpaired) electrons. The molecule has 8 nitrogen and oxygen atoms in total. The van der Waals surface area contributed by atoms with E-state index in [2.05, 4.69) is 5.32 Å². The van der Waals surface area contributed by atoms with Crippen molar-refractivity contribution in [2.75, 3.05) is 65.7 Å². The van der Waals surface area contributed by atoms with Gasteiger partial charge in [-0.05, 0) is 42.9 Å². The molecule has 0 bridgehead atoms. The van der Waals surface area contributed by atoms with Gasteiger partial charge in [-0.1, -0.05) is 12.1 Å². The van der Waals surface area contributed by atoms with E-state index in [1.807, 2.05) is 0 Å². The summed E-state index contributed by atoms with van der Waals surface area (Å²) in [5.41, 5.74) is 0.932. The molecule has 0 unspecified atom stereocenters. The number of nitrogens with zero attached hydrogens (tertiary/aromatic N) is 2. The van der Waals surface area contributed by atoms with E-state index in [1.54, 1.807) is 24.3 Å². The average Bonchev–Trinajstić information content (AvgIpc) is 2.86. The Morgan fingerprint density at radius 1 is 0.941 bits per heavy atom. The van der Waals surface area contributed by atoms with Crippen LogP contribution in [0.1, 0.15) is 18.4 Å². The molecule has 4 rings (SSSR count). The van der Waals surface area contributed by atoms with Crippen molar-refractivity contribution in [1.29, 1.82) is 0 Å². The third-order valence-electron chi connectivity index (χ3n) is 6.05. The van der Waals surface area contributed by atoms with Gasteiger partial charge in [-0.15, -0.1) is 0 Å². The van der Waals surface area contributed by atoms with Crippen molar-refractivity contribution in [2.24, 2.45) is 5.92 Å². The Morgan fingerprint density at radius 3 is 1.97 bits per heavy atom. The van der Waals surface area contributed by atoms with Gasteiger partial charge in [-0.2, -0.15) is 17.5 Å². The van der Waals surface area contributed by atoms with Gasteiger partial charge < -0.3 is 19.7 Å². The van der Waals surface area contributed by atoms with E-state index in [9.17, 15) is 26.4 Å². The topological polar surface area (TPSA) is 88.2 Å². The molecule has 3 aliphatic rings. The number of carbonyl (C=O) groups excluding carboxylic acids is 1. The van der Waals surface area contributed by atoms with Crippen molar-refractivity contribution in [3.8, 4) is 0 Å². The van der Waals surface area contributed by atoms with Crippen LogP contribution < -0.4 is 5.32 Å². The molecule has 0 spiro atoms. The SMILES string of the molecule is C1COCCN1.O=C(N1CCC(Cc2ccc(S(=O)(=O)N3CCOCC3)cc2)CC1)C(F)(F)F. The third kappa shape index (κ3) is 7.64. The molecule has 3 aliphatic heterocycles. The maximum atomic E-state index is 12.6. The summed E-state index contributed by atoms with van der Waals surface area (Å²) in [6.07, 6.45) is -3.19. The highest BCUT2D eigenvalue weighted by Crippen LogP contribution is 2.26. The van der Waals surface area contributed by atoms with E-state index >= 15 is 0 Å². The predicted octanol–water partition coefficient (Wildman–Crippen LogP) is 1.66. The molecule has 3 saturated heterocycles. The van der Waals surface area contributed by atoms with Crippen molar-refractivity contribution in [2.45, 2.75) is 30.3 Å². The highest BCUT2D eigenvalue weighted by Gasteiger charge is 2.43. The number of hydrogen-bond donors (Lipinski definition) is 1. The Balaban J connectivity index is 0.000000469. The first kappa shape index (κ1) is 26.9. The maximum Gasteiger partial charge on any atom is 0.471 e. The fourth-order valence-electron chi connectivity index (χ4n) is 4.10. The summed E-state index contributed by atoms with van der Waals surface area (Å²) in [5.74, 6) is -1.61. The maximum absolute atomic E-state index is 12.6. The second-order valence-corrected chi connectivity index (χ2v) is 10.4. The van der Waals surface area contributed by atoms with Crippen molar-refractivity contribution in [1.82, 2.24) is 14.5 Å². The lowest BCUT2D eigenvalue weighted by Gasteiger charge is -2.32. The van der Waals surface area contributed by atoms with Crippen LogP contribution in [0.4, 0.5) is 13.2 Å². The number of ether oxygens (including phenoxy) is 2. The summed E-state index contributed by atoms with van der Waals surface area (Å²) in [5, 5.41) is 3.16. The number of sulfonamides is 1. The summed E-state index contributed by atoms with van der Waals surface area (Å²) in [6, 6.07) is 6.64. The summed E-state index contributed by atoms with van der Waals surface area (Å²) >= 11 is 0. The minimum absolute atomic E-state index is 0.0898. The van der Waals surface area contributed by atoms with Crippen LogP contribution in [0.25, 0.3) is 0 Å². The molecule has 1 aromatic carbocycles. The van der Waals surface area contributed by atoms with E-state index < -0.39 is 22.1 Å². The monoisotopic (exact) mass is 507 g/mol. The number of benzene rings is 1. The van der Waals surface area contributed by atoms with Crippen molar-refractivity contribution in [3.63, 3.8) is 0 Å². The van der Waals surface area contributed by atoms with Crippen LogP contribution in [-0.4, -0.2) is 95.4 Å². The van der Waals surface area contributed by atoms with Crippen LogP contribution in [0.5, 0.6) is 0 Å². The number of halogens is 3. The summed E-state index contributed by atoms with van der Waals surface area (Å²) in [4.78, 5) is 12.4. The summed E-state index contributed by atoms with van der Waals surface area (Å²) in [7, 11) is -3.54. The Morgan fingerprint density at radius 2 is 1.50 bits per heavy atom. The lowest BCUT2D eigenvalue weighted by molar-refractivity contribution is -0.186. The fraction of sp³-hybridized carbons (Fsp3) is 0.682.